The lowest BCUT2D eigenvalue weighted by atomic mass is 9.95. The van der Waals surface area contributed by atoms with Crippen LogP contribution in [0.3, 0.4) is 0 Å². The van der Waals surface area contributed by atoms with Gasteiger partial charge in [0.15, 0.2) is 12.6 Å². The number of carbonyl (C=O) groups excluding carboxylic acids is 1. The van der Waals surface area contributed by atoms with E-state index in [1.807, 2.05) is 0 Å². The van der Waals surface area contributed by atoms with Crippen LogP contribution in [0.2, 0.25) is 0 Å². The zero-order valence-corrected chi connectivity index (χ0v) is 22.6. The Morgan fingerprint density at radius 2 is 1.93 bits per heavy atom. The van der Waals surface area contributed by atoms with Gasteiger partial charge in [-0.3, -0.25) is 4.98 Å². The van der Waals surface area contributed by atoms with E-state index >= 15 is 4.39 Å². The zero-order chi connectivity index (χ0) is 28.6. The number of methoxy groups -OCH3 is 1. The average Bonchev–Trinajstić information content (AvgIpc) is 3.79. The molecule has 2 fully saturated rings. The van der Waals surface area contributed by atoms with Crippen molar-refractivity contribution in [1.29, 1.82) is 0 Å². The lowest BCUT2D eigenvalue weighted by molar-refractivity contribution is -0.113. The first-order valence-electron chi connectivity index (χ1n) is 13.5. The highest BCUT2D eigenvalue weighted by Crippen LogP contribution is 2.44. The number of anilines is 1. The molecule has 1 aliphatic heterocycles. The number of carbonyl (C=O) groups is 1. The molecule has 0 bridgehead atoms. The van der Waals surface area contributed by atoms with Gasteiger partial charge in [-0.2, -0.15) is 9.97 Å². The van der Waals surface area contributed by atoms with Crippen LogP contribution in [0.1, 0.15) is 37.7 Å². The first-order valence-corrected chi connectivity index (χ1v) is 13.5. The second-order valence-electron chi connectivity index (χ2n) is 10.5. The summed E-state index contributed by atoms with van der Waals surface area (Å²) >= 11 is 0. The van der Waals surface area contributed by atoms with Crippen molar-refractivity contribution in [2.75, 3.05) is 38.5 Å². The Labute approximate surface area is 235 Å². The van der Waals surface area contributed by atoms with E-state index in [0.717, 1.165) is 51.5 Å². The minimum atomic E-state index is -0.734. The summed E-state index contributed by atoms with van der Waals surface area (Å²) in [6.45, 7) is 1.58. The van der Waals surface area contributed by atoms with Crippen LogP contribution in [0.15, 0.2) is 30.5 Å². The van der Waals surface area contributed by atoms with Gasteiger partial charge < -0.3 is 23.9 Å². The Balaban J connectivity index is 1.55. The maximum Gasteiger partial charge on any atom is 0.319 e. The molecule has 0 unspecified atom stereocenters. The number of benzene rings is 2. The molecule has 2 aliphatic rings. The Bertz CT molecular complexity index is 1690. The molecule has 3 heterocycles. The number of terminal acetylenes is 1. The minimum Gasteiger partial charge on any atom is -0.468 e. The monoisotopic (exact) mass is 558 g/mol. The van der Waals surface area contributed by atoms with Crippen molar-refractivity contribution in [3.63, 3.8) is 0 Å². The molecular weight excluding hydrogens is 530 g/mol. The molecule has 4 aromatic rings. The largest absolute Gasteiger partial charge is 0.468 e. The standard InChI is InChI=1S/C31H28F2N4O4/c1-3-21-24(32)8-7-19-13-20(41-18-39-2)14-22(25(19)21)27-26(33)28-23(15-34-27)29(37-11-5-4-6-12-37)36-30(35-28)40-17-31(16-38)9-10-31/h1,7-8,13-16H,4-6,9-12,17-18H2,2H3. The van der Waals surface area contributed by atoms with E-state index in [1.54, 1.807) is 18.2 Å². The van der Waals surface area contributed by atoms with Crippen LogP contribution in [-0.2, 0) is 9.53 Å². The summed E-state index contributed by atoms with van der Waals surface area (Å²) in [5.74, 6) is 1.95. The molecular formula is C31H28F2N4O4. The number of aldehydes is 1. The summed E-state index contributed by atoms with van der Waals surface area (Å²) in [5.41, 5.74) is -0.372. The van der Waals surface area contributed by atoms with Gasteiger partial charge in [0.1, 0.15) is 41.5 Å². The molecule has 0 radical (unpaired) electrons. The number of fused-ring (bicyclic) bond motifs is 2. The predicted molar refractivity (Wildman–Crippen MR) is 150 cm³/mol. The summed E-state index contributed by atoms with van der Waals surface area (Å²) < 4.78 is 48.0. The second kappa shape index (κ2) is 10.9. The number of rotatable bonds is 9. The van der Waals surface area contributed by atoms with Crippen molar-refractivity contribution in [3.05, 3.63) is 47.7 Å². The topological polar surface area (TPSA) is 86.7 Å². The lowest BCUT2D eigenvalue weighted by Gasteiger charge is -2.28. The van der Waals surface area contributed by atoms with Crippen molar-refractivity contribution in [2.45, 2.75) is 32.1 Å². The number of hydrogen-bond acceptors (Lipinski definition) is 8. The number of piperidine rings is 1. The number of ether oxygens (including phenoxy) is 3. The minimum absolute atomic E-state index is 0.00606. The molecule has 2 aromatic carbocycles. The van der Waals surface area contributed by atoms with Gasteiger partial charge in [0, 0.05) is 37.3 Å². The fraction of sp³-hybridized carbons (Fsp3) is 0.355. The highest BCUT2D eigenvalue weighted by atomic mass is 19.1. The van der Waals surface area contributed by atoms with E-state index in [0.29, 0.717) is 27.7 Å². The molecule has 0 N–H and O–H groups in total. The average molecular weight is 559 g/mol. The third kappa shape index (κ3) is 5.02. The molecule has 41 heavy (non-hydrogen) atoms. The molecule has 1 aliphatic carbocycles. The molecule has 10 heteroatoms. The number of aromatic nitrogens is 3. The SMILES string of the molecule is C#Cc1c(F)ccc2cc(OCOC)cc(-c3ncc4c(N5CCCCC5)nc(OCC5(C=O)CC5)nc4c3F)c12. The first-order chi connectivity index (χ1) is 20.0. The molecule has 2 aromatic heterocycles. The van der Waals surface area contributed by atoms with Crippen molar-refractivity contribution in [3.8, 4) is 35.4 Å². The van der Waals surface area contributed by atoms with E-state index in [4.69, 9.17) is 20.6 Å². The fourth-order valence-electron chi connectivity index (χ4n) is 5.24. The number of nitrogens with zero attached hydrogens (tertiary/aromatic N) is 4. The van der Waals surface area contributed by atoms with Gasteiger partial charge in [-0.15, -0.1) is 6.42 Å². The number of hydrogen-bond donors (Lipinski definition) is 0. The van der Waals surface area contributed by atoms with Gasteiger partial charge in [-0.1, -0.05) is 12.0 Å². The van der Waals surface area contributed by atoms with E-state index in [2.05, 4.69) is 25.8 Å². The summed E-state index contributed by atoms with van der Waals surface area (Å²) in [6.07, 6.45) is 12.6. The summed E-state index contributed by atoms with van der Waals surface area (Å²) in [6, 6.07) is 6.04. The zero-order valence-electron chi connectivity index (χ0n) is 22.6. The Morgan fingerprint density at radius 3 is 2.63 bits per heavy atom. The van der Waals surface area contributed by atoms with Crippen molar-refractivity contribution < 1.29 is 27.8 Å². The number of halogens is 2. The molecule has 0 amide bonds. The highest BCUT2D eigenvalue weighted by molar-refractivity contribution is 6.03. The first kappa shape index (κ1) is 26.8. The molecule has 8 nitrogen and oxygen atoms in total. The van der Waals surface area contributed by atoms with Crippen LogP contribution < -0.4 is 14.4 Å². The Hall–Kier alpha value is -4.36. The highest BCUT2D eigenvalue weighted by Gasteiger charge is 2.44. The van der Waals surface area contributed by atoms with Crippen LogP contribution in [0, 0.1) is 29.4 Å². The van der Waals surface area contributed by atoms with Crippen molar-refractivity contribution >= 4 is 33.8 Å². The van der Waals surface area contributed by atoms with Gasteiger partial charge in [0.25, 0.3) is 0 Å². The van der Waals surface area contributed by atoms with Gasteiger partial charge in [0.2, 0.25) is 0 Å². The van der Waals surface area contributed by atoms with Gasteiger partial charge in [0.05, 0.1) is 16.4 Å². The van der Waals surface area contributed by atoms with E-state index in [1.165, 1.54) is 19.4 Å². The van der Waals surface area contributed by atoms with E-state index in [-0.39, 0.29) is 41.7 Å². The maximum atomic E-state index is 16.6. The number of pyridine rings is 1. The van der Waals surface area contributed by atoms with Gasteiger partial charge >= 0.3 is 6.01 Å². The van der Waals surface area contributed by atoms with Crippen LogP contribution in [0.4, 0.5) is 14.6 Å². The lowest BCUT2D eigenvalue weighted by Crippen LogP contribution is -2.30. The molecule has 6 rings (SSSR count). The smallest absolute Gasteiger partial charge is 0.319 e. The van der Waals surface area contributed by atoms with Crippen LogP contribution in [-0.4, -0.2) is 54.8 Å². The predicted octanol–water partition coefficient (Wildman–Crippen LogP) is 5.44. The van der Waals surface area contributed by atoms with Crippen molar-refractivity contribution in [1.82, 2.24) is 15.0 Å². The fourth-order valence-corrected chi connectivity index (χ4v) is 5.24. The normalized spacial score (nSPS) is 16.0. The van der Waals surface area contributed by atoms with Gasteiger partial charge in [-0.05, 0) is 55.7 Å². The Morgan fingerprint density at radius 1 is 1.12 bits per heavy atom. The van der Waals surface area contributed by atoms with Crippen LogP contribution >= 0.6 is 0 Å². The summed E-state index contributed by atoms with van der Waals surface area (Å²) in [7, 11) is 1.48. The summed E-state index contributed by atoms with van der Waals surface area (Å²) in [5, 5.41) is 1.30. The quantitative estimate of drug-likeness (QED) is 0.153. The van der Waals surface area contributed by atoms with Gasteiger partial charge in [-0.25, -0.2) is 8.78 Å². The molecule has 0 atom stereocenters. The third-order valence-electron chi connectivity index (χ3n) is 7.71. The molecule has 0 spiro atoms. The second-order valence-corrected chi connectivity index (χ2v) is 10.5. The Kier molecular flexibility index (Phi) is 7.14. The van der Waals surface area contributed by atoms with Crippen molar-refractivity contribution in [2.24, 2.45) is 5.41 Å². The summed E-state index contributed by atoms with van der Waals surface area (Å²) in [4.78, 5) is 27.2. The molecule has 210 valence electrons. The molecule has 1 saturated heterocycles. The maximum absolute atomic E-state index is 16.6. The third-order valence-corrected chi connectivity index (χ3v) is 7.71. The van der Waals surface area contributed by atoms with E-state index in [9.17, 15) is 9.18 Å². The molecule has 1 saturated carbocycles. The van der Waals surface area contributed by atoms with E-state index < -0.39 is 17.0 Å². The van der Waals surface area contributed by atoms with Crippen LogP contribution in [0.25, 0.3) is 32.9 Å². The van der Waals surface area contributed by atoms with Crippen LogP contribution in [0.5, 0.6) is 11.8 Å².